The minimum atomic E-state index is 0.405. The van der Waals surface area contributed by atoms with Crippen LogP contribution in [0.15, 0.2) is 0 Å². The van der Waals surface area contributed by atoms with E-state index in [1.165, 1.54) is 0 Å². The van der Waals surface area contributed by atoms with Crippen molar-refractivity contribution in [1.82, 2.24) is 25.5 Å². The van der Waals surface area contributed by atoms with Gasteiger partial charge in [-0.05, 0) is 30.3 Å². The molecule has 1 aromatic rings. The normalized spacial score (nSPS) is 18.6. The van der Waals surface area contributed by atoms with Crippen LogP contribution in [0.5, 0.6) is 0 Å². The smallest absolute Gasteiger partial charge is 0.165 e. The van der Waals surface area contributed by atoms with E-state index >= 15 is 0 Å². The topological polar surface area (TPSA) is 64.9 Å². The molecule has 78 valence electrons. The van der Waals surface area contributed by atoms with Gasteiger partial charge in [-0.1, -0.05) is 0 Å². The van der Waals surface area contributed by atoms with E-state index in [2.05, 4.69) is 20.8 Å². The van der Waals surface area contributed by atoms with Crippen LogP contribution in [0, 0.1) is 0 Å². The summed E-state index contributed by atoms with van der Waals surface area (Å²) < 4.78 is 7.22. The van der Waals surface area contributed by atoms with Crippen molar-refractivity contribution < 1.29 is 4.74 Å². The molecule has 0 radical (unpaired) electrons. The molecule has 0 unspecified atom stereocenters. The van der Waals surface area contributed by atoms with E-state index in [1.807, 2.05) is 11.7 Å². The fourth-order valence-corrected chi connectivity index (χ4v) is 1.70. The SMILES string of the molecule is CNCc1nnnn1C1CCOCC1. The summed E-state index contributed by atoms with van der Waals surface area (Å²) in [7, 11) is 1.89. The zero-order valence-corrected chi connectivity index (χ0v) is 8.31. The van der Waals surface area contributed by atoms with Gasteiger partial charge in [0, 0.05) is 13.2 Å². The van der Waals surface area contributed by atoms with Gasteiger partial charge in [-0.15, -0.1) is 5.10 Å². The van der Waals surface area contributed by atoms with Crippen LogP contribution in [0.4, 0.5) is 0 Å². The van der Waals surface area contributed by atoms with Crippen LogP contribution in [0.1, 0.15) is 24.7 Å². The van der Waals surface area contributed by atoms with Gasteiger partial charge in [-0.3, -0.25) is 0 Å². The summed E-state index contributed by atoms with van der Waals surface area (Å²) in [6, 6.07) is 0.405. The monoisotopic (exact) mass is 197 g/mol. The van der Waals surface area contributed by atoms with E-state index in [1.54, 1.807) is 0 Å². The molecule has 1 aliphatic heterocycles. The number of tetrazole rings is 1. The van der Waals surface area contributed by atoms with E-state index in [0.717, 1.165) is 31.9 Å². The Bertz CT molecular complexity index is 281. The molecule has 1 N–H and O–H groups in total. The Morgan fingerprint density at radius 1 is 1.50 bits per heavy atom. The predicted octanol–water partition coefficient (Wildman–Crippen LogP) is -0.256. The maximum atomic E-state index is 5.30. The fourth-order valence-electron chi connectivity index (χ4n) is 1.70. The summed E-state index contributed by atoms with van der Waals surface area (Å²) in [6.45, 7) is 2.33. The van der Waals surface area contributed by atoms with Crippen LogP contribution in [-0.4, -0.2) is 40.5 Å². The zero-order chi connectivity index (χ0) is 9.80. The lowest BCUT2D eigenvalue weighted by atomic mass is 10.1. The first-order chi connectivity index (χ1) is 6.92. The minimum absolute atomic E-state index is 0.405. The number of hydrogen-bond acceptors (Lipinski definition) is 5. The second-order valence-electron chi connectivity index (χ2n) is 3.41. The quantitative estimate of drug-likeness (QED) is 0.723. The Morgan fingerprint density at radius 2 is 2.29 bits per heavy atom. The number of rotatable bonds is 3. The lowest BCUT2D eigenvalue weighted by Crippen LogP contribution is -2.23. The molecule has 14 heavy (non-hydrogen) atoms. The lowest BCUT2D eigenvalue weighted by molar-refractivity contribution is 0.0647. The van der Waals surface area contributed by atoms with Crippen LogP contribution >= 0.6 is 0 Å². The molecule has 0 spiro atoms. The minimum Gasteiger partial charge on any atom is -0.381 e. The number of ether oxygens (including phenoxy) is 1. The van der Waals surface area contributed by atoms with Gasteiger partial charge in [-0.25, -0.2) is 4.68 Å². The molecule has 2 heterocycles. The molecule has 0 atom stereocenters. The Morgan fingerprint density at radius 3 is 3.00 bits per heavy atom. The molecular weight excluding hydrogens is 182 g/mol. The van der Waals surface area contributed by atoms with Gasteiger partial charge < -0.3 is 10.1 Å². The highest BCUT2D eigenvalue weighted by molar-refractivity contribution is 4.84. The first kappa shape index (κ1) is 9.54. The first-order valence-electron chi connectivity index (χ1n) is 4.91. The van der Waals surface area contributed by atoms with E-state index in [-0.39, 0.29) is 0 Å². The van der Waals surface area contributed by atoms with Gasteiger partial charge >= 0.3 is 0 Å². The highest BCUT2D eigenvalue weighted by Gasteiger charge is 2.19. The largest absolute Gasteiger partial charge is 0.381 e. The second-order valence-corrected chi connectivity index (χ2v) is 3.41. The van der Waals surface area contributed by atoms with E-state index in [0.29, 0.717) is 12.6 Å². The van der Waals surface area contributed by atoms with Crippen LogP contribution in [0.3, 0.4) is 0 Å². The number of hydrogen-bond donors (Lipinski definition) is 1. The Labute approximate surface area is 82.6 Å². The molecule has 1 saturated heterocycles. The summed E-state index contributed by atoms with van der Waals surface area (Å²) >= 11 is 0. The summed E-state index contributed by atoms with van der Waals surface area (Å²) in [5.74, 6) is 0.902. The average Bonchev–Trinajstić information content (AvgIpc) is 2.68. The third-order valence-electron chi connectivity index (χ3n) is 2.43. The molecule has 0 bridgehead atoms. The van der Waals surface area contributed by atoms with Gasteiger partial charge in [0.15, 0.2) is 5.82 Å². The maximum absolute atomic E-state index is 5.30. The molecule has 0 amide bonds. The molecule has 0 aromatic carbocycles. The van der Waals surface area contributed by atoms with Gasteiger partial charge in [0.1, 0.15) is 0 Å². The molecule has 6 heteroatoms. The van der Waals surface area contributed by atoms with Crippen LogP contribution in [-0.2, 0) is 11.3 Å². The van der Waals surface area contributed by atoms with Gasteiger partial charge in [0.25, 0.3) is 0 Å². The predicted molar refractivity (Wildman–Crippen MR) is 49.7 cm³/mol. The van der Waals surface area contributed by atoms with E-state index in [9.17, 15) is 0 Å². The Hall–Kier alpha value is -1.01. The van der Waals surface area contributed by atoms with Crippen molar-refractivity contribution in [1.29, 1.82) is 0 Å². The van der Waals surface area contributed by atoms with Crippen molar-refractivity contribution in [2.24, 2.45) is 0 Å². The van der Waals surface area contributed by atoms with Gasteiger partial charge in [0.05, 0.1) is 12.6 Å². The molecule has 0 aliphatic carbocycles. The molecule has 1 aromatic heterocycles. The number of aromatic nitrogens is 4. The van der Waals surface area contributed by atoms with Crippen molar-refractivity contribution in [2.75, 3.05) is 20.3 Å². The Balaban J connectivity index is 2.09. The van der Waals surface area contributed by atoms with Crippen LogP contribution in [0.2, 0.25) is 0 Å². The summed E-state index contributed by atoms with van der Waals surface area (Å²) in [5, 5.41) is 14.8. The maximum Gasteiger partial charge on any atom is 0.165 e. The van der Waals surface area contributed by atoms with Crippen molar-refractivity contribution in [2.45, 2.75) is 25.4 Å². The highest BCUT2D eigenvalue weighted by Crippen LogP contribution is 2.20. The molecular formula is C8H15N5O. The van der Waals surface area contributed by atoms with E-state index < -0.39 is 0 Å². The number of nitrogens with one attached hydrogen (secondary N) is 1. The van der Waals surface area contributed by atoms with Crippen LogP contribution in [0.25, 0.3) is 0 Å². The van der Waals surface area contributed by atoms with E-state index in [4.69, 9.17) is 4.74 Å². The second kappa shape index (κ2) is 4.47. The summed E-state index contributed by atoms with van der Waals surface area (Å²) in [6.07, 6.45) is 2.00. The highest BCUT2D eigenvalue weighted by atomic mass is 16.5. The van der Waals surface area contributed by atoms with Gasteiger partial charge in [-0.2, -0.15) is 0 Å². The van der Waals surface area contributed by atoms with Crippen molar-refractivity contribution >= 4 is 0 Å². The van der Waals surface area contributed by atoms with Crippen LogP contribution < -0.4 is 5.32 Å². The van der Waals surface area contributed by atoms with Gasteiger partial charge in [0.2, 0.25) is 0 Å². The Kier molecular flexibility index (Phi) is 3.05. The van der Waals surface area contributed by atoms with Crippen molar-refractivity contribution in [3.63, 3.8) is 0 Å². The third kappa shape index (κ3) is 1.91. The zero-order valence-electron chi connectivity index (χ0n) is 8.31. The molecule has 2 rings (SSSR count). The molecule has 1 aliphatic rings. The first-order valence-corrected chi connectivity index (χ1v) is 4.91. The molecule has 0 saturated carbocycles. The number of nitrogens with zero attached hydrogens (tertiary/aromatic N) is 4. The molecule has 1 fully saturated rings. The summed E-state index contributed by atoms with van der Waals surface area (Å²) in [4.78, 5) is 0. The standard InChI is InChI=1S/C8H15N5O/c1-9-6-8-10-11-12-13(8)7-2-4-14-5-3-7/h7,9H,2-6H2,1H3. The third-order valence-corrected chi connectivity index (χ3v) is 2.43. The van der Waals surface area contributed by atoms with Crippen molar-refractivity contribution in [3.8, 4) is 0 Å². The summed E-state index contributed by atoms with van der Waals surface area (Å²) in [5.41, 5.74) is 0. The van der Waals surface area contributed by atoms with Crippen molar-refractivity contribution in [3.05, 3.63) is 5.82 Å². The molecule has 6 nitrogen and oxygen atoms in total. The fraction of sp³-hybridized carbons (Fsp3) is 0.875. The lowest BCUT2D eigenvalue weighted by Gasteiger charge is -2.22. The average molecular weight is 197 g/mol.